The molecule has 0 fully saturated rings. The van der Waals surface area contributed by atoms with Crippen molar-refractivity contribution in [2.24, 2.45) is 10.2 Å². The highest BCUT2D eigenvalue weighted by Crippen LogP contribution is 2.19. The number of carbonyl (C=O) groups is 3. The van der Waals surface area contributed by atoms with E-state index in [0.29, 0.717) is 23.8 Å². The molecule has 1 aromatic heterocycles. The van der Waals surface area contributed by atoms with E-state index in [4.69, 9.17) is 0 Å². The van der Waals surface area contributed by atoms with Crippen molar-refractivity contribution in [3.8, 4) is 0 Å². The lowest BCUT2D eigenvalue weighted by molar-refractivity contribution is -0.121. The Morgan fingerprint density at radius 3 is 2.16 bits per heavy atom. The quantitative estimate of drug-likeness (QED) is 0.202. The molecule has 44 heavy (non-hydrogen) atoms. The van der Waals surface area contributed by atoms with E-state index in [1.54, 1.807) is 13.8 Å². The van der Waals surface area contributed by atoms with Crippen LogP contribution >= 0.6 is 11.3 Å². The molecule has 2 aromatic carbocycles. The van der Waals surface area contributed by atoms with E-state index in [2.05, 4.69) is 36.4 Å². The third kappa shape index (κ3) is 11.8. The van der Waals surface area contributed by atoms with Crippen molar-refractivity contribution in [1.29, 1.82) is 0 Å². The Hall–Kier alpha value is -4.29. The summed E-state index contributed by atoms with van der Waals surface area (Å²) in [6.45, 7) is 3.43. The van der Waals surface area contributed by atoms with Crippen molar-refractivity contribution in [2.75, 3.05) is 11.9 Å². The second kappa shape index (κ2) is 16.0. The maximum Gasteiger partial charge on any atom is 0.230 e. The van der Waals surface area contributed by atoms with Gasteiger partial charge in [-0.1, -0.05) is 65.9 Å². The Bertz CT molecular complexity index is 1500. The maximum absolute atomic E-state index is 12.6. The Kier molecular flexibility index (Phi) is 11.8. The molecule has 0 atom stereocenters. The van der Waals surface area contributed by atoms with Gasteiger partial charge < -0.3 is 21.1 Å². The molecule has 4 rings (SSSR count). The molecule has 0 radical (unpaired) electrons. The van der Waals surface area contributed by atoms with Gasteiger partial charge in [0.25, 0.3) is 0 Å². The van der Waals surface area contributed by atoms with E-state index >= 15 is 0 Å². The van der Waals surface area contributed by atoms with Gasteiger partial charge in [-0.3, -0.25) is 14.4 Å². The van der Waals surface area contributed by atoms with Crippen molar-refractivity contribution in [3.05, 3.63) is 76.3 Å². The van der Waals surface area contributed by atoms with E-state index in [1.165, 1.54) is 11.3 Å². The Morgan fingerprint density at radius 1 is 0.795 bits per heavy atom. The minimum absolute atomic E-state index is 0.0866. The van der Waals surface area contributed by atoms with Crippen molar-refractivity contribution in [2.45, 2.75) is 77.2 Å². The number of amidine groups is 1. The van der Waals surface area contributed by atoms with Gasteiger partial charge in [-0.05, 0) is 56.2 Å². The van der Waals surface area contributed by atoms with Crippen LogP contribution in [-0.4, -0.2) is 56.7 Å². The summed E-state index contributed by atoms with van der Waals surface area (Å²) in [5.74, 6) is 0.126. The molecule has 0 unspecified atom stereocenters. The average molecular weight is 618 g/mol. The monoisotopic (exact) mass is 617 g/mol. The molecular formula is C32H39N7O4S. The Balaban J connectivity index is 1.14. The van der Waals surface area contributed by atoms with Crippen molar-refractivity contribution in [1.82, 2.24) is 20.8 Å². The first-order valence-corrected chi connectivity index (χ1v) is 15.6. The molecule has 0 aliphatic carbocycles. The number of amides is 3. The second-order valence-corrected chi connectivity index (χ2v) is 12.5. The lowest BCUT2D eigenvalue weighted by Gasteiger charge is -2.17. The first kappa shape index (κ1) is 32.6. The summed E-state index contributed by atoms with van der Waals surface area (Å²) >= 11 is 1.36. The highest BCUT2D eigenvalue weighted by atomic mass is 32.1. The standard InChI is InChI=1S/C32H39N7O4S/c1-32(2,43)21-33-27(40)19-23-11-8-12-24(17-23)20-29(42)35-31-39-38-30(44-31)14-7-6-13-25-15-16-26(37-36-25)34-28(41)18-22-9-4-3-5-10-22/h3-5,8-12,17,43H,6-7,13-16,18-21H2,1-2H3,(H,33,40)(H,34,37,41)(H,35,39,42). The molecular weight excluding hydrogens is 578 g/mol. The van der Waals surface area contributed by atoms with Crippen molar-refractivity contribution >= 4 is 45.7 Å². The Morgan fingerprint density at radius 2 is 1.45 bits per heavy atom. The number of rotatable bonds is 14. The molecule has 232 valence electrons. The third-order valence-corrected chi connectivity index (χ3v) is 7.61. The maximum atomic E-state index is 12.6. The van der Waals surface area contributed by atoms with E-state index in [0.717, 1.165) is 59.5 Å². The SMILES string of the molecule is CC(C)(O)CNC(=O)Cc1cccc(CC(=O)Nc2nnc(CCCCC3=NN=C(NC(=O)Cc4ccccc4)CC3)s2)c1. The van der Waals surface area contributed by atoms with Gasteiger partial charge in [0.15, 0.2) is 0 Å². The first-order chi connectivity index (χ1) is 21.1. The molecule has 1 aliphatic rings. The van der Waals surface area contributed by atoms with Gasteiger partial charge in [-0.2, -0.15) is 5.10 Å². The predicted molar refractivity (Wildman–Crippen MR) is 172 cm³/mol. The van der Waals surface area contributed by atoms with Crippen LogP contribution < -0.4 is 16.0 Å². The number of anilines is 1. The van der Waals surface area contributed by atoms with Crippen LogP contribution in [0.15, 0.2) is 64.8 Å². The van der Waals surface area contributed by atoms with Crippen LogP contribution in [0.3, 0.4) is 0 Å². The van der Waals surface area contributed by atoms with Crippen LogP contribution in [0.25, 0.3) is 0 Å². The fourth-order valence-corrected chi connectivity index (χ4v) is 5.31. The molecule has 4 N–H and O–H groups in total. The minimum Gasteiger partial charge on any atom is -0.389 e. The summed E-state index contributed by atoms with van der Waals surface area (Å²) < 4.78 is 0. The van der Waals surface area contributed by atoms with E-state index in [1.807, 2.05) is 54.6 Å². The minimum atomic E-state index is -0.976. The molecule has 1 aliphatic heterocycles. The van der Waals surface area contributed by atoms with Crippen LogP contribution in [0.2, 0.25) is 0 Å². The van der Waals surface area contributed by atoms with E-state index in [-0.39, 0.29) is 37.1 Å². The molecule has 0 saturated heterocycles. The number of unbranched alkanes of at least 4 members (excludes halogenated alkanes) is 1. The molecule has 0 spiro atoms. The fraction of sp³-hybridized carbons (Fsp3) is 0.406. The van der Waals surface area contributed by atoms with Crippen LogP contribution in [-0.2, 0) is 40.1 Å². The highest BCUT2D eigenvalue weighted by molar-refractivity contribution is 7.15. The zero-order chi connectivity index (χ0) is 31.4. The molecule has 0 saturated carbocycles. The lowest BCUT2D eigenvalue weighted by Crippen LogP contribution is -2.38. The zero-order valence-corrected chi connectivity index (χ0v) is 26.0. The fourth-order valence-electron chi connectivity index (χ4n) is 4.51. The van der Waals surface area contributed by atoms with Crippen LogP contribution in [0.5, 0.6) is 0 Å². The summed E-state index contributed by atoms with van der Waals surface area (Å²) in [5.41, 5.74) is 2.59. The van der Waals surface area contributed by atoms with Crippen molar-refractivity contribution < 1.29 is 19.5 Å². The number of aromatic nitrogens is 2. The molecule has 12 heteroatoms. The number of nitrogens with zero attached hydrogens (tertiary/aromatic N) is 4. The normalized spacial score (nSPS) is 13.1. The average Bonchev–Trinajstić information content (AvgIpc) is 3.42. The van der Waals surface area contributed by atoms with Gasteiger partial charge in [-0.15, -0.1) is 15.3 Å². The number of hydrogen-bond acceptors (Lipinski definition) is 9. The van der Waals surface area contributed by atoms with Gasteiger partial charge in [0.05, 0.1) is 24.9 Å². The number of carbonyl (C=O) groups excluding carboxylic acids is 3. The number of benzene rings is 2. The summed E-state index contributed by atoms with van der Waals surface area (Å²) in [6, 6.07) is 16.9. The Labute approximate surface area is 261 Å². The zero-order valence-electron chi connectivity index (χ0n) is 25.1. The highest BCUT2D eigenvalue weighted by Gasteiger charge is 2.16. The van der Waals surface area contributed by atoms with Crippen LogP contribution in [0.4, 0.5) is 5.13 Å². The molecule has 11 nitrogen and oxygen atoms in total. The topological polar surface area (TPSA) is 158 Å². The van der Waals surface area contributed by atoms with Gasteiger partial charge in [0.1, 0.15) is 10.8 Å². The molecule has 0 bridgehead atoms. The molecule has 3 amide bonds. The summed E-state index contributed by atoms with van der Waals surface area (Å²) in [4.78, 5) is 37.0. The van der Waals surface area contributed by atoms with Gasteiger partial charge in [0, 0.05) is 25.1 Å². The number of aliphatic hydroxyl groups is 1. The predicted octanol–water partition coefficient (Wildman–Crippen LogP) is 3.77. The third-order valence-electron chi connectivity index (χ3n) is 6.71. The summed E-state index contributed by atoms with van der Waals surface area (Å²) in [6.07, 6.45) is 5.49. The number of nitrogens with one attached hydrogen (secondary N) is 3. The van der Waals surface area contributed by atoms with Gasteiger partial charge in [-0.25, -0.2) is 0 Å². The number of hydrogen-bond donors (Lipinski definition) is 4. The second-order valence-electron chi connectivity index (χ2n) is 11.4. The number of aryl methyl sites for hydroxylation is 1. The van der Waals surface area contributed by atoms with Crippen LogP contribution in [0.1, 0.15) is 67.6 Å². The smallest absolute Gasteiger partial charge is 0.230 e. The summed E-state index contributed by atoms with van der Waals surface area (Å²) in [7, 11) is 0. The summed E-state index contributed by atoms with van der Waals surface area (Å²) in [5, 5.41) is 36.3. The first-order valence-electron chi connectivity index (χ1n) is 14.8. The van der Waals surface area contributed by atoms with Crippen LogP contribution in [0, 0.1) is 0 Å². The van der Waals surface area contributed by atoms with E-state index < -0.39 is 5.60 Å². The molecule has 2 heterocycles. The molecule has 3 aromatic rings. The van der Waals surface area contributed by atoms with E-state index in [9.17, 15) is 19.5 Å². The van der Waals surface area contributed by atoms with Gasteiger partial charge >= 0.3 is 0 Å². The van der Waals surface area contributed by atoms with Crippen molar-refractivity contribution in [3.63, 3.8) is 0 Å². The largest absolute Gasteiger partial charge is 0.389 e. The van der Waals surface area contributed by atoms with Gasteiger partial charge in [0.2, 0.25) is 22.9 Å². The lowest BCUT2D eigenvalue weighted by atomic mass is 10.0.